The third kappa shape index (κ3) is 2.84. The standard InChI is InChI=1S/C12H15N3O/c1-15-7-11(6-14-15)9-16-8-10-2-4-12(13)5-3-10/h2-7H,8-9,13H2,1H3. The maximum atomic E-state index is 5.60. The van der Waals surface area contributed by atoms with Crippen LogP contribution in [0.4, 0.5) is 5.69 Å². The Bertz CT molecular complexity index is 448. The Balaban J connectivity index is 1.82. The number of aromatic nitrogens is 2. The molecule has 0 amide bonds. The number of aryl methyl sites for hydroxylation is 1. The van der Waals surface area contributed by atoms with Gasteiger partial charge in [0.2, 0.25) is 0 Å². The predicted molar refractivity (Wildman–Crippen MR) is 62.6 cm³/mol. The molecule has 2 aromatic rings. The Morgan fingerprint density at radius 2 is 1.88 bits per heavy atom. The van der Waals surface area contributed by atoms with Crippen LogP contribution in [-0.4, -0.2) is 9.78 Å². The highest BCUT2D eigenvalue weighted by atomic mass is 16.5. The maximum absolute atomic E-state index is 5.60. The highest BCUT2D eigenvalue weighted by Gasteiger charge is 1.97. The minimum atomic E-state index is 0.582. The normalized spacial score (nSPS) is 10.6. The van der Waals surface area contributed by atoms with E-state index in [1.807, 2.05) is 43.7 Å². The van der Waals surface area contributed by atoms with E-state index < -0.39 is 0 Å². The van der Waals surface area contributed by atoms with Crippen molar-refractivity contribution in [2.24, 2.45) is 7.05 Å². The lowest BCUT2D eigenvalue weighted by Gasteiger charge is -2.03. The Labute approximate surface area is 94.6 Å². The molecule has 2 rings (SSSR count). The van der Waals surface area contributed by atoms with Crippen LogP contribution < -0.4 is 5.73 Å². The SMILES string of the molecule is Cn1cc(COCc2ccc(N)cc2)cn1. The second-order valence-corrected chi connectivity index (χ2v) is 3.76. The number of benzene rings is 1. The Morgan fingerprint density at radius 3 is 2.50 bits per heavy atom. The molecule has 0 radical (unpaired) electrons. The molecule has 84 valence electrons. The van der Waals surface area contributed by atoms with E-state index in [0.717, 1.165) is 16.8 Å². The fraction of sp³-hybridized carbons (Fsp3) is 0.250. The molecule has 0 unspecified atom stereocenters. The molecule has 0 fully saturated rings. The van der Waals surface area contributed by atoms with Crippen molar-refractivity contribution in [1.29, 1.82) is 0 Å². The first-order chi connectivity index (χ1) is 7.74. The average Bonchev–Trinajstić information content (AvgIpc) is 2.67. The van der Waals surface area contributed by atoms with Crippen LogP contribution in [0.5, 0.6) is 0 Å². The summed E-state index contributed by atoms with van der Waals surface area (Å²) in [6, 6.07) is 7.70. The molecule has 0 aliphatic carbocycles. The summed E-state index contributed by atoms with van der Waals surface area (Å²) in [6.45, 7) is 1.17. The lowest BCUT2D eigenvalue weighted by molar-refractivity contribution is 0.107. The van der Waals surface area contributed by atoms with E-state index in [-0.39, 0.29) is 0 Å². The van der Waals surface area contributed by atoms with Crippen molar-refractivity contribution in [3.63, 3.8) is 0 Å². The van der Waals surface area contributed by atoms with E-state index in [0.29, 0.717) is 13.2 Å². The van der Waals surface area contributed by atoms with Crippen molar-refractivity contribution in [3.8, 4) is 0 Å². The molecule has 2 N–H and O–H groups in total. The fourth-order valence-electron chi connectivity index (χ4n) is 1.45. The van der Waals surface area contributed by atoms with Gasteiger partial charge in [0.15, 0.2) is 0 Å². The summed E-state index contributed by atoms with van der Waals surface area (Å²) in [5, 5.41) is 4.07. The van der Waals surface area contributed by atoms with Gasteiger partial charge in [-0.3, -0.25) is 4.68 Å². The largest absolute Gasteiger partial charge is 0.399 e. The molecule has 0 bridgehead atoms. The van der Waals surface area contributed by atoms with Crippen LogP contribution >= 0.6 is 0 Å². The topological polar surface area (TPSA) is 53.1 Å². The zero-order valence-electron chi connectivity index (χ0n) is 9.26. The number of nitrogens with zero attached hydrogens (tertiary/aromatic N) is 2. The van der Waals surface area contributed by atoms with E-state index in [2.05, 4.69) is 5.10 Å². The van der Waals surface area contributed by atoms with Gasteiger partial charge >= 0.3 is 0 Å². The molecule has 1 aromatic heterocycles. The van der Waals surface area contributed by atoms with Gasteiger partial charge in [0.25, 0.3) is 0 Å². The molecule has 0 atom stereocenters. The molecule has 1 heterocycles. The van der Waals surface area contributed by atoms with Crippen LogP contribution in [0, 0.1) is 0 Å². The van der Waals surface area contributed by atoms with Crippen molar-refractivity contribution in [1.82, 2.24) is 9.78 Å². The summed E-state index contributed by atoms with van der Waals surface area (Å²) in [4.78, 5) is 0. The second-order valence-electron chi connectivity index (χ2n) is 3.76. The van der Waals surface area contributed by atoms with Crippen LogP contribution in [0.25, 0.3) is 0 Å². The Kier molecular flexibility index (Phi) is 3.22. The zero-order valence-corrected chi connectivity index (χ0v) is 9.26. The van der Waals surface area contributed by atoms with Gasteiger partial charge in [-0.25, -0.2) is 0 Å². The van der Waals surface area contributed by atoms with Gasteiger partial charge in [-0.2, -0.15) is 5.10 Å². The zero-order chi connectivity index (χ0) is 11.4. The molecule has 4 heteroatoms. The van der Waals surface area contributed by atoms with E-state index in [1.165, 1.54) is 0 Å². The highest BCUT2D eigenvalue weighted by molar-refractivity contribution is 5.39. The molecule has 0 aliphatic heterocycles. The summed E-state index contributed by atoms with van der Waals surface area (Å²) in [5.74, 6) is 0. The van der Waals surface area contributed by atoms with Gasteiger partial charge in [-0.1, -0.05) is 12.1 Å². The molecular weight excluding hydrogens is 202 g/mol. The summed E-state index contributed by atoms with van der Waals surface area (Å²) < 4.78 is 7.33. The third-order valence-electron chi connectivity index (χ3n) is 2.28. The summed E-state index contributed by atoms with van der Waals surface area (Å²) in [5.41, 5.74) is 8.58. The van der Waals surface area contributed by atoms with Crippen molar-refractivity contribution < 1.29 is 4.74 Å². The first-order valence-electron chi connectivity index (χ1n) is 5.14. The Morgan fingerprint density at radius 1 is 1.19 bits per heavy atom. The summed E-state index contributed by atoms with van der Waals surface area (Å²) >= 11 is 0. The van der Waals surface area contributed by atoms with Gasteiger partial charge in [-0.05, 0) is 17.7 Å². The molecule has 16 heavy (non-hydrogen) atoms. The van der Waals surface area contributed by atoms with Crippen LogP contribution in [0.3, 0.4) is 0 Å². The lowest BCUT2D eigenvalue weighted by Crippen LogP contribution is -1.94. The molecule has 0 aliphatic rings. The van der Waals surface area contributed by atoms with Gasteiger partial charge in [0, 0.05) is 24.5 Å². The van der Waals surface area contributed by atoms with Crippen molar-refractivity contribution in [3.05, 3.63) is 47.8 Å². The molecular formula is C12H15N3O. The average molecular weight is 217 g/mol. The van der Waals surface area contributed by atoms with Gasteiger partial charge < -0.3 is 10.5 Å². The van der Waals surface area contributed by atoms with E-state index in [1.54, 1.807) is 4.68 Å². The minimum absolute atomic E-state index is 0.582. The highest BCUT2D eigenvalue weighted by Crippen LogP contribution is 2.08. The summed E-state index contributed by atoms with van der Waals surface area (Å²) in [6.07, 6.45) is 3.76. The minimum Gasteiger partial charge on any atom is -0.399 e. The quantitative estimate of drug-likeness (QED) is 0.793. The van der Waals surface area contributed by atoms with E-state index >= 15 is 0 Å². The maximum Gasteiger partial charge on any atom is 0.0752 e. The van der Waals surface area contributed by atoms with Gasteiger partial charge in [0.05, 0.1) is 19.4 Å². The first kappa shape index (κ1) is 10.7. The van der Waals surface area contributed by atoms with Crippen molar-refractivity contribution in [2.75, 3.05) is 5.73 Å². The second kappa shape index (κ2) is 4.81. The number of hydrogen-bond acceptors (Lipinski definition) is 3. The monoisotopic (exact) mass is 217 g/mol. The number of anilines is 1. The van der Waals surface area contributed by atoms with Crippen molar-refractivity contribution in [2.45, 2.75) is 13.2 Å². The smallest absolute Gasteiger partial charge is 0.0752 e. The van der Waals surface area contributed by atoms with Crippen LogP contribution in [0.2, 0.25) is 0 Å². The van der Waals surface area contributed by atoms with Crippen LogP contribution in [0.15, 0.2) is 36.7 Å². The van der Waals surface area contributed by atoms with E-state index in [9.17, 15) is 0 Å². The van der Waals surface area contributed by atoms with Crippen LogP contribution in [-0.2, 0) is 25.0 Å². The molecule has 1 aromatic carbocycles. The van der Waals surface area contributed by atoms with Gasteiger partial charge in [0.1, 0.15) is 0 Å². The van der Waals surface area contributed by atoms with Gasteiger partial charge in [-0.15, -0.1) is 0 Å². The fourth-order valence-corrected chi connectivity index (χ4v) is 1.45. The Hall–Kier alpha value is -1.81. The molecule has 0 spiro atoms. The number of hydrogen-bond donors (Lipinski definition) is 1. The molecule has 0 saturated heterocycles. The third-order valence-corrected chi connectivity index (χ3v) is 2.28. The first-order valence-corrected chi connectivity index (χ1v) is 5.14. The van der Waals surface area contributed by atoms with Crippen molar-refractivity contribution >= 4 is 5.69 Å². The number of rotatable bonds is 4. The molecule has 0 saturated carbocycles. The predicted octanol–water partition coefficient (Wildman–Crippen LogP) is 1.72. The number of ether oxygens (including phenoxy) is 1. The van der Waals surface area contributed by atoms with Crippen LogP contribution in [0.1, 0.15) is 11.1 Å². The number of nitrogens with two attached hydrogens (primary N) is 1. The van der Waals surface area contributed by atoms with E-state index in [4.69, 9.17) is 10.5 Å². The summed E-state index contributed by atoms with van der Waals surface area (Å²) in [7, 11) is 1.89. The number of nitrogen functional groups attached to an aromatic ring is 1. The molecule has 4 nitrogen and oxygen atoms in total. The lowest BCUT2D eigenvalue weighted by atomic mass is 10.2.